The molecule has 1 aromatic carbocycles. The number of hydrogen-bond acceptors (Lipinski definition) is 8. The molecule has 35 heavy (non-hydrogen) atoms. The third kappa shape index (κ3) is 4.50. The molecule has 6 nitrogen and oxygen atoms in total. The monoisotopic (exact) mass is 509 g/mol. The minimum atomic E-state index is -0.833. The van der Waals surface area contributed by atoms with Crippen LogP contribution in [0, 0.1) is 22.6 Å². The van der Waals surface area contributed by atoms with E-state index in [1.54, 1.807) is 34.9 Å². The minimum absolute atomic E-state index is 0.0870. The average Bonchev–Trinajstić information content (AvgIpc) is 3.26. The van der Waals surface area contributed by atoms with E-state index in [-0.39, 0.29) is 28.2 Å². The summed E-state index contributed by atoms with van der Waals surface area (Å²) < 4.78 is 15.8. The number of allylic oxidation sites excluding steroid dienone is 3. The number of nitrogens with two attached hydrogens (primary N) is 1. The summed E-state index contributed by atoms with van der Waals surface area (Å²) in [6.45, 7) is 4.07. The van der Waals surface area contributed by atoms with Crippen LogP contribution in [-0.4, -0.2) is 21.2 Å². The van der Waals surface area contributed by atoms with Crippen LogP contribution in [0.2, 0.25) is 0 Å². The van der Waals surface area contributed by atoms with E-state index < -0.39 is 11.7 Å². The number of nitriles is 1. The molecule has 2 N–H and O–H groups in total. The molecule has 5 rings (SSSR count). The summed E-state index contributed by atoms with van der Waals surface area (Å²) in [7, 11) is 0. The summed E-state index contributed by atoms with van der Waals surface area (Å²) in [4.78, 5) is 15.3. The van der Waals surface area contributed by atoms with Crippen molar-refractivity contribution in [1.82, 2.24) is 10.2 Å². The van der Waals surface area contributed by atoms with Crippen molar-refractivity contribution in [2.45, 2.75) is 74.3 Å². The lowest BCUT2D eigenvalue weighted by atomic mass is 9.68. The van der Waals surface area contributed by atoms with Gasteiger partial charge in [0.25, 0.3) is 0 Å². The Balaban J connectivity index is 1.62. The SMILES string of the molecule is CC1(C)CC(=O)C2=C(C1)N(c1nnc(SC3CCCCC3)s1)C(N)=C(C#N)C2c1ccccc1F. The van der Waals surface area contributed by atoms with Gasteiger partial charge in [-0.15, -0.1) is 10.2 Å². The molecule has 1 aromatic heterocycles. The van der Waals surface area contributed by atoms with E-state index >= 15 is 0 Å². The van der Waals surface area contributed by atoms with Crippen LogP contribution in [0.3, 0.4) is 0 Å². The van der Waals surface area contributed by atoms with Crippen LogP contribution in [0.25, 0.3) is 0 Å². The van der Waals surface area contributed by atoms with Crippen LogP contribution >= 0.6 is 23.1 Å². The summed E-state index contributed by atoms with van der Waals surface area (Å²) in [5.41, 5.74) is 7.91. The fourth-order valence-electron chi connectivity index (χ4n) is 5.41. The highest BCUT2D eigenvalue weighted by molar-refractivity contribution is 8.01. The first kappa shape index (κ1) is 24.0. The standard InChI is InChI=1S/C26H28FN5OS2/c1-26(2)12-19-22(20(33)13-26)21(16-10-6-7-11-18(16)27)17(14-28)23(29)32(19)24-30-31-25(35-24)34-15-8-4-3-5-9-15/h6-7,10-11,15,21H,3-5,8-9,12-13,29H2,1-2H3. The quantitative estimate of drug-likeness (QED) is 0.536. The van der Waals surface area contributed by atoms with Crippen molar-refractivity contribution in [2.75, 3.05) is 4.90 Å². The van der Waals surface area contributed by atoms with Crippen LogP contribution in [0.1, 0.15) is 70.3 Å². The van der Waals surface area contributed by atoms with Gasteiger partial charge < -0.3 is 5.73 Å². The molecule has 1 unspecified atom stereocenters. The molecule has 182 valence electrons. The third-order valence-electron chi connectivity index (χ3n) is 7.00. The molecule has 0 amide bonds. The molecule has 2 heterocycles. The van der Waals surface area contributed by atoms with Gasteiger partial charge in [-0.05, 0) is 30.7 Å². The predicted molar refractivity (Wildman–Crippen MR) is 136 cm³/mol. The molecular weight excluding hydrogens is 481 g/mol. The smallest absolute Gasteiger partial charge is 0.219 e. The number of aromatic nitrogens is 2. The van der Waals surface area contributed by atoms with E-state index in [4.69, 9.17) is 5.73 Å². The van der Waals surface area contributed by atoms with Gasteiger partial charge in [-0.1, -0.05) is 74.4 Å². The van der Waals surface area contributed by atoms with Crippen molar-refractivity contribution in [1.29, 1.82) is 5.26 Å². The summed E-state index contributed by atoms with van der Waals surface area (Å²) in [6, 6.07) is 8.48. The van der Waals surface area contributed by atoms with Crippen molar-refractivity contribution in [3.05, 3.63) is 58.3 Å². The van der Waals surface area contributed by atoms with E-state index in [1.807, 2.05) is 13.8 Å². The molecule has 1 fully saturated rings. The number of thioether (sulfide) groups is 1. The molecule has 2 aliphatic carbocycles. The van der Waals surface area contributed by atoms with Gasteiger partial charge in [0.1, 0.15) is 11.6 Å². The van der Waals surface area contributed by atoms with Gasteiger partial charge in [-0.25, -0.2) is 4.39 Å². The third-order valence-corrected chi connectivity index (χ3v) is 9.33. The number of carbonyl (C=O) groups excluding carboxylic acids is 1. The molecule has 3 aliphatic rings. The van der Waals surface area contributed by atoms with Crippen LogP contribution in [-0.2, 0) is 4.79 Å². The van der Waals surface area contributed by atoms with Gasteiger partial charge in [-0.2, -0.15) is 5.26 Å². The molecule has 0 spiro atoms. The van der Waals surface area contributed by atoms with Crippen LogP contribution < -0.4 is 10.6 Å². The number of carbonyl (C=O) groups is 1. The maximum absolute atomic E-state index is 15.0. The number of rotatable bonds is 4. The Morgan fingerprint density at radius 2 is 1.94 bits per heavy atom. The first-order valence-corrected chi connectivity index (χ1v) is 13.7. The first-order chi connectivity index (χ1) is 16.8. The molecule has 1 saturated carbocycles. The van der Waals surface area contributed by atoms with Crippen molar-refractivity contribution in [2.24, 2.45) is 11.1 Å². The van der Waals surface area contributed by atoms with Crippen LogP contribution in [0.5, 0.6) is 0 Å². The van der Waals surface area contributed by atoms with Crippen molar-refractivity contribution in [3.63, 3.8) is 0 Å². The predicted octanol–water partition coefficient (Wildman–Crippen LogP) is 6.04. The normalized spacial score (nSPS) is 22.9. The first-order valence-electron chi connectivity index (χ1n) is 12.0. The molecule has 0 radical (unpaired) electrons. The van der Waals surface area contributed by atoms with Gasteiger partial charge in [0.2, 0.25) is 5.13 Å². The minimum Gasteiger partial charge on any atom is -0.384 e. The maximum Gasteiger partial charge on any atom is 0.219 e. The van der Waals surface area contributed by atoms with E-state index in [0.29, 0.717) is 34.5 Å². The second-order valence-corrected chi connectivity index (χ2v) is 12.7. The Morgan fingerprint density at radius 3 is 2.66 bits per heavy atom. The summed E-state index contributed by atoms with van der Waals surface area (Å²) in [6.07, 6.45) is 6.99. The van der Waals surface area contributed by atoms with E-state index in [1.165, 1.54) is 49.5 Å². The molecule has 2 aromatic rings. The lowest BCUT2D eigenvalue weighted by Gasteiger charge is -2.42. The van der Waals surface area contributed by atoms with Crippen LogP contribution in [0.15, 0.2) is 51.3 Å². The largest absolute Gasteiger partial charge is 0.384 e. The fraction of sp³-hybridized carbons (Fsp3) is 0.462. The Morgan fingerprint density at radius 1 is 1.20 bits per heavy atom. The van der Waals surface area contributed by atoms with Gasteiger partial charge >= 0.3 is 0 Å². The van der Waals surface area contributed by atoms with E-state index in [0.717, 1.165) is 4.34 Å². The second kappa shape index (κ2) is 9.40. The van der Waals surface area contributed by atoms with Crippen molar-refractivity contribution in [3.8, 4) is 6.07 Å². The van der Waals surface area contributed by atoms with Gasteiger partial charge in [0, 0.05) is 28.5 Å². The number of anilines is 1. The number of benzene rings is 1. The molecule has 9 heteroatoms. The molecule has 0 saturated heterocycles. The summed E-state index contributed by atoms with van der Waals surface area (Å²) in [5, 5.41) is 20.1. The Hall–Kier alpha value is -2.70. The van der Waals surface area contributed by atoms with Gasteiger partial charge in [0.05, 0.1) is 17.6 Å². The molecule has 0 bridgehead atoms. The zero-order valence-electron chi connectivity index (χ0n) is 19.9. The maximum atomic E-state index is 15.0. The molecule has 1 atom stereocenters. The highest BCUT2D eigenvalue weighted by Crippen LogP contribution is 2.51. The Labute approximate surface area is 213 Å². The van der Waals surface area contributed by atoms with Crippen molar-refractivity contribution >= 4 is 34.0 Å². The highest BCUT2D eigenvalue weighted by Gasteiger charge is 2.46. The lowest BCUT2D eigenvalue weighted by molar-refractivity contribution is -0.118. The summed E-state index contributed by atoms with van der Waals surface area (Å²) >= 11 is 3.18. The van der Waals surface area contributed by atoms with E-state index in [2.05, 4.69) is 16.3 Å². The lowest BCUT2D eigenvalue weighted by Crippen LogP contribution is -2.42. The van der Waals surface area contributed by atoms with Crippen LogP contribution in [0.4, 0.5) is 9.52 Å². The summed E-state index contributed by atoms with van der Waals surface area (Å²) in [5.74, 6) is -1.19. The number of ketones is 1. The van der Waals surface area contributed by atoms with E-state index in [9.17, 15) is 14.4 Å². The number of hydrogen-bond donors (Lipinski definition) is 1. The molecule has 1 aliphatic heterocycles. The fourth-order valence-corrected chi connectivity index (χ4v) is 7.80. The Kier molecular flexibility index (Phi) is 6.45. The molecular formula is C26H28FN5OS2. The zero-order valence-corrected chi connectivity index (χ0v) is 21.5. The number of Topliss-reactive ketones (excluding diaryl/α,β-unsaturated/α-hetero) is 1. The van der Waals surface area contributed by atoms with Gasteiger partial charge in [-0.3, -0.25) is 9.69 Å². The second-order valence-electron chi connectivity index (χ2n) is 10.2. The van der Waals surface area contributed by atoms with Gasteiger partial charge in [0.15, 0.2) is 10.1 Å². The number of halogens is 1. The average molecular weight is 510 g/mol. The van der Waals surface area contributed by atoms with Crippen molar-refractivity contribution < 1.29 is 9.18 Å². The number of nitrogens with zero attached hydrogens (tertiary/aromatic N) is 4. The Bertz CT molecular complexity index is 1270. The highest BCUT2D eigenvalue weighted by atomic mass is 32.2. The topological polar surface area (TPSA) is 95.9 Å². The zero-order chi connectivity index (χ0) is 24.7.